The fourth-order valence-corrected chi connectivity index (χ4v) is 2.96. The zero-order chi connectivity index (χ0) is 18.7. The number of urea groups is 1. The molecular weight excluding hydrogens is 345 g/mol. The predicted molar refractivity (Wildman–Crippen MR) is 111 cm³/mol. The Bertz CT molecular complexity index is 889. The SMILES string of the molecule is CC=NC1=C(C)CN(C(=O)Nc2nc(-c3ccc(P)cc3)ccc2N)C1. The van der Waals surface area contributed by atoms with E-state index in [1.54, 1.807) is 17.2 Å². The standard InChI is InChI=1S/C19H22N5OP/c1-3-21-17-11-24(10-12(17)2)19(25)23-18-15(20)8-9-16(22-18)13-4-6-14(26)7-5-13/h3-9H,10-11,20,26H2,1-2H3,(H,22,23,25). The number of anilines is 2. The van der Waals surface area contributed by atoms with Crippen molar-refractivity contribution in [2.24, 2.45) is 4.99 Å². The van der Waals surface area contributed by atoms with Gasteiger partial charge >= 0.3 is 6.03 Å². The number of nitrogens with one attached hydrogen (secondary N) is 1. The van der Waals surface area contributed by atoms with E-state index in [1.165, 1.54) is 0 Å². The van der Waals surface area contributed by atoms with Crippen LogP contribution in [0.5, 0.6) is 0 Å². The number of aliphatic imine (C=N–C) groups is 1. The zero-order valence-corrected chi connectivity index (χ0v) is 16.0. The van der Waals surface area contributed by atoms with E-state index in [1.807, 2.05) is 44.2 Å². The van der Waals surface area contributed by atoms with Gasteiger partial charge in [-0.3, -0.25) is 10.3 Å². The number of hydrogen-bond acceptors (Lipinski definition) is 4. The molecule has 2 aromatic rings. The lowest BCUT2D eigenvalue weighted by atomic mass is 10.1. The maximum Gasteiger partial charge on any atom is 0.323 e. The first-order valence-corrected chi connectivity index (χ1v) is 8.91. The number of rotatable bonds is 3. The van der Waals surface area contributed by atoms with Crippen molar-refractivity contribution in [3.05, 3.63) is 47.7 Å². The number of pyridine rings is 1. The van der Waals surface area contributed by atoms with Gasteiger partial charge in [-0.2, -0.15) is 0 Å². The van der Waals surface area contributed by atoms with Crippen LogP contribution in [0, 0.1) is 0 Å². The Morgan fingerprint density at radius 2 is 2.00 bits per heavy atom. The molecule has 0 spiro atoms. The number of aromatic nitrogens is 1. The topological polar surface area (TPSA) is 83.6 Å². The Kier molecular flexibility index (Phi) is 5.33. The molecule has 6 nitrogen and oxygen atoms in total. The summed E-state index contributed by atoms with van der Waals surface area (Å²) in [5.74, 6) is 0.368. The largest absolute Gasteiger partial charge is 0.396 e. The molecule has 1 aliphatic rings. The summed E-state index contributed by atoms with van der Waals surface area (Å²) in [7, 11) is 2.65. The molecule has 2 amide bonds. The first-order valence-electron chi connectivity index (χ1n) is 8.33. The molecule has 2 heterocycles. The molecule has 0 fully saturated rings. The van der Waals surface area contributed by atoms with Gasteiger partial charge in [0.1, 0.15) is 0 Å². The zero-order valence-electron chi connectivity index (χ0n) is 14.9. The van der Waals surface area contributed by atoms with Crippen LogP contribution in [0.3, 0.4) is 0 Å². The maximum atomic E-state index is 12.6. The number of hydrogen-bond donors (Lipinski definition) is 2. The summed E-state index contributed by atoms with van der Waals surface area (Å²) in [4.78, 5) is 23.1. The van der Waals surface area contributed by atoms with E-state index in [2.05, 4.69) is 24.5 Å². The highest BCUT2D eigenvalue weighted by atomic mass is 31.0. The lowest BCUT2D eigenvalue weighted by Crippen LogP contribution is -2.34. The molecule has 0 saturated heterocycles. The second-order valence-electron chi connectivity index (χ2n) is 6.16. The first kappa shape index (κ1) is 18.1. The molecule has 3 N–H and O–H groups in total. The van der Waals surface area contributed by atoms with Gasteiger partial charge in [0, 0.05) is 18.3 Å². The van der Waals surface area contributed by atoms with E-state index in [0.717, 1.165) is 27.8 Å². The van der Waals surface area contributed by atoms with Gasteiger partial charge in [0.2, 0.25) is 0 Å². The van der Waals surface area contributed by atoms with E-state index in [0.29, 0.717) is 24.6 Å². The average Bonchev–Trinajstić information content (AvgIpc) is 2.99. The second kappa shape index (κ2) is 7.67. The number of benzene rings is 1. The van der Waals surface area contributed by atoms with Gasteiger partial charge in [0.25, 0.3) is 0 Å². The van der Waals surface area contributed by atoms with Gasteiger partial charge in [0.05, 0.1) is 23.6 Å². The van der Waals surface area contributed by atoms with Crippen LogP contribution in [0.15, 0.2) is 52.7 Å². The van der Waals surface area contributed by atoms with E-state index in [4.69, 9.17) is 5.73 Å². The lowest BCUT2D eigenvalue weighted by molar-refractivity contribution is 0.223. The van der Waals surface area contributed by atoms with Gasteiger partial charge in [-0.25, -0.2) is 9.78 Å². The van der Waals surface area contributed by atoms with Gasteiger partial charge < -0.3 is 10.6 Å². The van der Waals surface area contributed by atoms with Crippen LogP contribution in [0.1, 0.15) is 13.8 Å². The van der Waals surface area contributed by atoms with Crippen LogP contribution in [0.2, 0.25) is 0 Å². The summed E-state index contributed by atoms with van der Waals surface area (Å²) in [5.41, 5.74) is 10.2. The Hall–Kier alpha value is -2.72. The van der Waals surface area contributed by atoms with Crippen LogP contribution in [-0.4, -0.2) is 35.2 Å². The Balaban J connectivity index is 1.77. The third-order valence-electron chi connectivity index (χ3n) is 4.19. The summed E-state index contributed by atoms with van der Waals surface area (Å²) in [6, 6.07) is 11.3. The molecule has 3 rings (SSSR count). The van der Waals surface area contributed by atoms with Gasteiger partial charge in [-0.05, 0) is 36.9 Å². The Morgan fingerprint density at radius 1 is 1.27 bits per heavy atom. The Labute approximate surface area is 155 Å². The van der Waals surface area contributed by atoms with Crippen molar-refractivity contribution in [2.75, 3.05) is 24.1 Å². The van der Waals surface area contributed by atoms with Crippen molar-refractivity contribution in [3.63, 3.8) is 0 Å². The minimum atomic E-state index is -0.234. The number of nitrogen functional groups attached to an aromatic ring is 1. The van der Waals surface area contributed by atoms with Gasteiger partial charge in [0.15, 0.2) is 5.82 Å². The molecule has 7 heteroatoms. The maximum absolute atomic E-state index is 12.6. The van der Waals surface area contributed by atoms with E-state index < -0.39 is 0 Å². The molecule has 1 aromatic carbocycles. The molecule has 0 radical (unpaired) electrons. The molecule has 0 saturated carbocycles. The van der Waals surface area contributed by atoms with Gasteiger partial charge in [-0.1, -0.05) is 24.3 Å². The van der Waals surface area contributed by atoms with E-state index in [-0.39, 0.29) is 6.03 Å². The average molecular weight is 367 g/mol. The van der Waals surface area contributed by atoms with Crippen LogP contribution in [0.25, 0.3) is 11.3 Å². The highest BCUT2D eigenvalue weighted by Gasteiger charge is 2.24. The minimum Gasteiger partial charge on any atom is -0.396 e. The van der Waals surface area contributed by atoms with Crippen molar-refractivity contribution in [1.82, 2.24) is 9.88 Å². The number of nitrogens with two attached hydrogens (primary N) is 1. The summed E-state index contributed by atoms with van der Waals surface area (Å²) in [5, 5.41) is 3.92. The number of nitrogens with zero attached hydrogens (tertiary/aromatic N) is 3. The summed E-state index contributed by atoms with van der Waals surface area (Å²) >= 11 is 0. The fourth-order valence-electron chi connectivity index (χ4n) is 2.76. The quantitative estimate of drug-likeness (QED) is 0.646. The highest BCUT2D eigenvalue weighted by Crippen LogP contribution is 2.24. The molecule has 1 atom stereocenters. The van der Waals surface area contributed by atoms with Crippen molar-refractivity contribution in [1.29, 1.82) is 0 Å². The van der Waals surface area contributed by atoms with Crippen molar-refractivity contribution in [2.45, 2.75) is 13.8 Å². The second-order valence-corrected chi connectivity index (χ2v) is 6.82. The molecule has 0 bridgehead atoms. The molecule has 0 aliphatic carbocycles. The molecule has 26 heavy (non-hydrogen) atoms. The molecule has 1 aliphatic heterocycles. The van der Waals surface area contributed by atoms with Crippen LogP contribution < -0.4 is 16.4 Å². The predicted octanol–water partition coefficient (Wildman–Crippen LogP) is 3.04. The summed E-state index contributed by atoms with van der Waals surface area (Å²) in [6.45, 7) is 4.88. The lowest BCUT2D eigenvalue weighted by Gasteiger charge is -2.18. The number of amides is 2. The number of carbonyl (C=O) groups is 1. The summed E-state index contributed by atoms with van der Waals surface area (Å²) in [6.07, 6.45) is 1.74. The van der Waals surface area contributed by atoms with Crippen molar-refractivity contribution in [3.8, 4) is 11.3 Å². The third-order valence-corrected chi connectivity index (χ3v) is 4.58. The van der Waals surface area contributed by atoms with Gasteiger partial charge in [-0.15, -0.1) is 9.24 Å². The Morgan fingerprint density at radius 3 is 2.69 bits per heavy atom. The van der Waals surface area contributed by atoms with Crippen LogP contribution in [-0.2, 0) is 0 Å². The van der Waals surface area contributed by atoms with Crippen molar-refractivity contribution < 1.29 is 4.79 Å². The molecular formula is C19H22N5OP. The monoisotopic (exact) mass is 367 g/mol. The van der Waals surface area contributed by atoms with Crippen molar-refractivity contribution >= 4 is 38.3 Å². The summed E-state index contributed by atoms with van der Waals surface area (Å²) < 4.78 is 0. The third kappa shape index (κ3) is 3.92. The normalized spacial score (nSPS) is 14.3. The van der Waals surface area contributed by atoms with Crippen LogP contribution in [0.4, 0.5) is 16.3 Å². The van der Waals surface area contributed by atoms with E-state index in [9.17, 15) is 4.79 Å². The number of carbonyl (C=O) groups excluding carboxylic acids is 1. The first-order chi connectivity index (χ1) is 12.5. The molecule has 1 aromatic heterocycles. The smallest absolute Gasteiger partial charge is 0.323 e. The molecule has 134 valence electrons. The highest BCUT2D eigenvalue weighted by molar-refractivity contribution is 7.27. The van der Waals surface area contributed by atoms with E-state index >= 15 is 0 Å². The minimum absolute atomic E-state index is 0.234. The molecule has 1 unspecified atom stereocenters. The van der Waals surface area contributed by atoms with Crippen LogP contribution >= 0.6 is 9.24 Å². The fraction of sp³-hybridized carbons (Fsp3) is 0.211.